The summed E-state index contributed by atoms with van der Waals surface area (Å²) in [5.41, 5.74) is 1.04. The fourth-order valence-corrected chi connectivity index (χ4v) is 3.71. The number of carbonyl (C=O) groups is 1. The molecule has 2 atom stereocenters. The smallest absolute Gasteiger partial charge is 0.392 e. The minimum atomic E-state index is -4.18. The maximum atomic E-state index is 12.9. The second-order valence-corrected chi connectivity index (χ2v) is 7.08. The van der Waals surface area contributed by atoms with E-state index in [1.165, 1.54) is 4.90 Å². The molecule has 1 aliphatic carbocycles. The van der Waals surface area contributed by atoms with E-state index < -0.39 is 18.0 Å². The standard InChI is InChI=1S/C19H20F3N3O2/c20-19(21,22)16-7-6-13(16)11-24-8-9-25-17(18(24)26)10-14(23-25)12-27-15-4-2-1-3-5-15/h1-5,10,13,16H,6-9,11-12H2. The van der Waals surface area contributed by atoms with Gasteiger partial charge in [0.1, 0.15) is 23.7 Å². The van der Waals surface area contributed by atoms with Gasteiger partial charge in [0.15, 0.2) is 0 Å². The van der Waals surface area contributed by atoms with Crippen LogP contribution in [0.15, 0.2) is 36.4 Å². The Morgan fingerprint density at radius 2 is 1.93 bits per heavy atom. The fourth-order valence-electron chi connectivity index (χ4n) is 3.71. The Balaban J connectivity index is 1.40. The van der Waals surface area contributed by atoms with Crippen molar-refractivity contribution >= 4 is 5.91 Å². The van der Waals surface area contributed by atoms with Crippen molar-refractivity contribution in [2.45, 2.75) is 32.2 Å². The van der Waals surface area contributed by atoms with E-state index in [2.05, 4.69) is 5.10 Å². The zero-order chi connectivity index (χ0) is 19.0. The van der Waals surface area contributed by atoms with Gasteiger partial charge >= 0.3 is 6.18 Å². The Labute approximate surface area is 154 Å². The zero-order valence-electron chi connectivity index (χ0n) is 14.7. The molecule has 1 fully saturated rings. The molecule has 4 rings (SSSR count). The van der Waals surface area contributed by atoms with E-state index >= 15 is 0 Å². The SMILES string of the molecule is O=C1c2cc(COc3ccccc3)nn2CCN1CC1CCC1C(F)(F)F. The number of halogens is 3. The highest BCUT2D eigenvalue weighted by atomic mass is 19.4. The first kappa shape index (κ1) is 17.9. The summed E-state index contributed by atoms with van der Waals surface area (Å²) >= 11 is 0. The number of fused-ring (bicyclic) bond motifs is 1. The van der Waals surface area contributed by atoms with Crippen LogP contribution in [-0.4, -0.2) is 39.9 Å². The van der Waals surface area contributed by atoms with Gasteiger partial charge in [-0.3, -0.25) is 9.48 Å². The molecular formula is C19H20F3N3O2. The molecule has 1 saturated carbocycles. The van der Waals surface area contributed by atoms with Gasteiger partial charge in [-0.25, -0.2) is 0 Å². The highest BCUT2D eigenvalue weighted by Crippen LogP contribution is 2.46. The molecule has 0 N–H and O–H groups in total. The maximum absolute atomic E-state index is 12.9. The summed E-state index contributed by atoms with van der Waals surface area (Å²) in [4.78, 5) is 14.2. The number of hydrogen-bond donors (Lipinski definition) is 0. The summed E-state index contributed by atoms with van der Waals surface area (Å²) in [5, 5.41) is 4.38. The summed E-state index contributed by atoms with van der Waals surface area (Å²) in [5.74, 6) is -1.33. The molecule has 1 aliphatic heterocycles. The molecule has 2 aliphatic rings. The Bertz CT molecular complexity index is 819. The number of para-hydroxylation sites is 1. The topological polar surface area (TPSA) is 47.4 Å². The van der Waals surface area contributed by atoms with E-state index in [1.807, 2.05) is 30.3 Å². The predicted molar refractivity (Wildman–Crippen MR) is 91.2 cm³/mol. The number of alkyl halides is 3. The van der Waals surface area contributed by atoms with Gasteiger partial charge < -0.3 is 9.64 Å². The lowest BCUT2D eigenvalue weighted by Crippen LogP contribution is -2.49. The first-order chi connectivity index (χ1) is 12.9. The van der Waals surface area contributed by atoms with Gasteiger partial charge in [-0.15, -0.1) is 0 Å². The molecule has 2 aromatic rings. The summed E-state index contributed by atoms with van der Waals surface area (Å²) in [6, 6.07) is 10.9. The minimum Gasteiger partial charge on any atom is -0.487 e. The fraction of sp³-hybridized carbons (Fsp3) is 0.474. The first-order valence-electron chi connectivity index (χ1n) is 9.02. The highest BCUT2D eigenvalue weighted by Gasteiger charge is 2.50. The third-order valence-electron chi connectivity index (χ3n) is 5.34. The van der Waals surface area contributed by atoms with E-state index in [9.17, 15) is 18.0 Å². The molecular weight excluding hydrogens is 359 g/mol. The quantitative estimate of drug-likeness (QED) is 0.799. The summed E-state index contributed by atoms with van der Waals surface area (Å²) in [6.07, 6.45) is -3.50. The Hall–Kier alpha value is -2.51. The molecule has 144 valence electrons. The van der Waals surface area contributed by atoms with E-state index in [0.717, 1.165) is 0 Å². The van der Waals surface area contributed by atoms with Crippen LogP contribution in [0.5, 0.6) is 5.75 Å². The van der Waals surface area contributed by atoms with E-state index in [0.29, 0.717) is 36.6 Å². The van der Waals surface area contributed by atoms with Crippen molar-refractivity contribution in [3.05, 3.63) is 47.8 Å². The molecule has 0 spiro atoms. The van der Waals surface area contributed by atoms with Crippen molar-refractivity contribution in [3.63, 3.8) is 0 Å². The third-order valence-corrected chi connectivity index (χ3v) is 5.34. The second kappa shape index (κ2) is 6.90. The molecule has 2 unspecified atom stereocenters. The van der Waals surface area contributed by atoms with Crippen molar-refractivity contribution in [1.82, 2.24) is 14.7 Å². The van der Waals surface area contributed by atoms with Crippen LogP contribution in [-0.2, 0) is 13.2 Å². The van der Waals surface area contributed by atoms with Gasteiger partial charge in [0, 0.05) is 13.1 Å². The van der Waals surface area contributed by atoms with Crippen LogP contribution in [0.2, 0.25) is 0 Å². The Morgan fingerprint density at radius 1 is 1.15 bits per heavy atom. The van der Waals surface area contributed by atoms with Gasteiger partial charge in [0.25, 0.3) is 5.91 Å². The number of rotatable bonds is 5. The number of hydrogen-bond acceptors (Lipinski definition) is 3. The van der Waals surface area contributed by atoms with Gasteiger partial charge in [-0.1, -0.05) is 18.2 Å². The average molecular weight is 379 g/mol. The van der Waals surface area contributed by atoms with Crippen LogP contribution >= 0.6 is 0 Å². The van der Waals surface area contributed by atoms with E-state index in [-0.39, 0.29) is 25.5 Å². The lowest BCUT2D eigenvalue weighted by atomic mass is 9.73. The van der Waals surface area contributed by atoms with Crippen molar-refractivity contribution in [1.29, 1.82) is 0 Å². The van der Waals surface area contributed by atoms with E-state index in [1.54, 1.807) is 10.7 Å². The number of nitrogens with zero attached hydrogens (tertiary/aromatic N) is 3. The van der Waals surface area contributed by atoms with Gasteiger partial charge in [0.05, 0.1) is 12.5 Å². The largest absolute Gasteiger partial charge is 0.487 e. The van der Waals surface area contributed by atoms with Crippen LogP contribution in [0.4, 0.5) is 13.2 Å². The first-order valence-corrected chi connectivity index (χ1v) is 9.02. The van der Waals surface area contributed by atoms with Crippen LogP contribution < -0.4 is 4.74 Å². The molecule has 27 heavy (non-hydrogen) atoms. The summed E-state index contributed by atoms with van der Waals surface area (Å²) < 4.78 is 46.1. The highest BCUT2D eigenvalue weighted by molar-refractivity contribution is 5.93. The van der Waals surface area contributed by atoms with Crippen molar-refractivity contribution in [2.75, 3.05) is 13.1 Å². The molecule has 1 amide bonds. The third kappa shape index (κ3) is 3.65. The number of amides is 1. The molecule has 5 nitrogen and oxygen atoms in total. The van der Waals surface area contributed by atoms with Crippen molar-refractivity contribution < 1.29 is 22.7 Å². The molecule has 1 aromatic heterocycles. The Morgan fingerprint density at radius 3 is 2.59 bits per heavy atom. The maximum Gasteiger partial charge on any atom is 0.392 e. The monoisotopic (exact) mass is 379 g/mol. The lowest BCUT2D eigenvalue weighted by molar-refractivity contribution is -0.214. The lowest BCUT2D eigenvalue weighted by Gasteiger charge is -2.41. The molecule has 0 radical (unpaired) electrons. The van der Waals surface area contributed by atoms with Crippen molar-refractivity contribution in [3.8, 4) is 5.75 Å². The van der Waals surface area contributed by atoms with Gasteiger partial charge in [0.2, 0.25) is 0 Å². The zero-order valence-corrected chi connectivity index (χ0v) is 14.7. The van der Waals surface area contributed by atoms with Crippen LogP contribution in [0.3, 0.4) is 0 Å². The van der Waals surface area contributed by atoms with Gasteiger partial charge in [-0.05, 0) is 37.0 Å². The second-order valence-electron chi connectivity index (χ2n) is 7.08. The number of carbonyl (C=O) groups excluding carboxylic acids is 1. The number of benzene rings is 1. The molecule has 0 bridgehead atoms. The molecule has 2 heterocycles. The summed E-state index contributed by atoms with van der Waals surface area (Å²) in [7, 11) is 0. The minimum absolute atomic E-state index is 0.157. The molecule has 1 aromatic carbocycles. The molecule has 0 saturated heterocycles. The van der Waals surface area contributed by atoms with Gasteiger partial charge in [-0.2, -0.15) is 18.3 Å². The van der Waals surface area contributed by atoms with Crippen LogP contribution in [0, 0.1) is 11.8 Å². The van der Waals surface area contributed by atoms with Crippen molar-refractivity contribution in [2.24, 2.45) is 11.8 Å². The molecule has 8 heteroatoms. The number of aromatic nitrogens is 2. The predicted octanol–water partition coefficient (Wildman–Crippen LogP) is 3.51. The Kier molecular flexibility index (Phi) is 4.57. The van der Waals surface area contributed by atoms with E-state index in [4.69, 9.17) is 4.74 Å². The normalized spacial score (nSPS) is 22.3. The van der Waals surface area contributed by atoms with Crippen LogP contribution in [0.1, 0.15) is 29.0 Å². The summed E-state index contributed by atoms with van der Waals surface area (Å²) in [6.45, 7) is 1.25. The average Bonchev–Trinajstić information content (AvgIpc) is 3.02. The van der Waals surface area contributed by atoms with Crippen LogP contribution in [0.25, 0.3) is 0 Å². The number of ether oxygens (including phenoxy) is 1.